The molecule has 1 fully saturated rings. The SMILES string of the molecule is CCON(C1CCN(C(=O)OCc2ccccc2)CC1OS(=O)(=O)c1ccc(C)cc1)[PH](=O)OCC. The van der Waals surface area contributed by atoms with Crippen molar-refractivity contribution in [3.8, 4) is 0 Å². The lowest BCUT2D eigenvalue weighted by Gasteiger charge is -2.41. The predicted octanol–water partition coefficient (Wildman–Crippen LogP) is 4.16. The fraction of sp³-hybridized carbons (Fsp3) is 0.458. The van der Waals surface area contributed by atoms with Crippen LogP contribution in [-0.2, 0) is 39.6 Å². The number of hydrogen-bond acceptors (Lipinski definition) is 8. The zero-order chi connectivity index (χ0) is 26.1. The van der Waals surface area contributed by atoms with Crippen LogP contribution in [0.1, 0.15) is 31.4 Å². The lowest BCUT2D eigenvalue weighted by Crippen LogP contribution is -2.55. The maximum Gasteiger partial charge on any atom is 0.410 e. The molecule has 198 valence electrons. The van der Waals surface area contributed by atoms with Crippen LogP contribution in [0.3, 0.4) is 0 Å². The Kier molecular flexibility index (Phi) is 10.5. The number of ether oxygens (including phenoxy) is 1. The number of amides is 1. The molecule has 2 aromatic rings. The van der Waals surface area contributed by atoms with Crippen molar-refractivity contribution in [2.24, 2.45) is 0 Å². The summed E-state index contributed by atoms with van der Waals surface area (Å²) < 4.78 is 55.3. The molecular weight excluding hydrogens is 507 g/mol. The number of carbonyl (C=O) groups excluding carboxylic acids is 1. The molecule has 12 heteroatoms. The Morgan fingerprint density at radius 2 is 1.78 bits per heavy atom. The van der Waals surface area contributed by atoms with E-state index in [0.29, 0.717) is 0 Å². The Morgan fingerprint density at radius 1 is 1.08 bits per heavy atom. The monoisotopic (exact) mass is 540 g/mol. The smallest absolute Gasteiger partial charge is 0.410 e. The summed E-state index contributed by atoms with van der Waals surface area (Å²) in [6, 6.07) is 14.7. The summed E-state index contributed by atoms with van der Waals surface area (Å²) in [5, 5.41) is 0. The molecule has 0 saturated carbocycles. The molecule has 1 aliphatic heterocycles. The van der Waals surface area contributed by atoms with Crippen LogP contribution in [0.25, 0.3) is 0 Å². The molecule has 36 heavy (non-hydrogen) atoms. The lowest BCUT2D eigenvalue weighted by molar-refractivity contribution is -0.147. The Morgan fingerprint density at radius 3 is 2.42 bits per heavy atom. The molecule has 0 N–H and O–H groups in total. The highest BCUT2D eigenvalue weighted by Gasteiger charge is 2.42. The lowest BCUT2D eigenvalue weighted by atomic mass is 10.0. The van der Waals surface area contributed by atoms with Crippen molar-refractivity contribution in [3.05, 3.63) is 65.7 Å². The molecule has 2 aromatic carbocycles. The molecule has 1 amide bonds. The van der Waals surface area contributed by atoms with Crippen LogP contribution in [0.5, 0.6) is 0 Å². The number of nitrogens with zero attached hydrogens (tertiary/aromatic N) is 2. The Hall–Kier alpha value is -2.27. The first-order chi connectivity index (χ1) is 17.2. The van der Waals surface area contributed by atoms with Crippen LogP contribution in [-0.4, -0.2) is 62.7 Å². The van der Waals surface area contributed by atoms with Gasteiger partial charge in [-0.05, 0) is 44.9 Å². The molecular formula is C24H33N2O8PS. The summed E-state index contributed by atoms with van der Waals surface area (Å²) in [4.78, 5) is 21.0. The third kappa shape index (κ3) is 7.61. The summed E-state index contributed by atoms with van der Waals surface area (Å²) >= 11 is 0. The molecule has 1 heterocycles. The summed E-state index contributed by atoms with van der Waals surface area (Å²) in [7, 11) is -7.02. The second-order valence-electron chi connectivity index (χ2n) is 8.19. The molecule has 3 unspecified atom stereocenters. The molecule has 0 radical (unpaired) electrons. The van der Waals surface area contributed by atoms with Crippen molar-refractivity contribution in [1.82, 2.24) is 9.73 Å². The Bertz CT molecular complexity index is 1110. The first kappa shape index (κ1) is 28.3. The average Bonchev–Trinajstić information content (AvgIpc) is 2.87. The largest absolute Gasteiger partial charge is 0.445 e. The Labute approximate surface area is 213 Å². The molecule has 0 spiro atoms. The second kappa shape index (κ2) is 13.3. The van der Waals surface area contributed by atoms with Gasteiger partial charge in [-0.25, -0.2) is 4.79 Å². The minimum atomic E-state index is -4.19. The molecule has 3 rings (SSSR count). The highest BCUT2D eigenvalue weighted by atomic mass is 32.2. The van der Waals surface area contributed by atoms with Gasteiger partial charge >= 0.3 is 6.09 Å². The van der Waals surface area contributed by atoms with Crippen LogP contribution in [0.2, 0.25) is 0 Å². The second-order valence-corrected chi connectivity index (χ2v) is 11.0. The number of carbonyl (C=O) groups is 1. The fourth-order valence-corrected chi connectivity index (χ4v) is 6.05. The minimum Gasteiger partial charge on any atom is -0.445 e. The molecule has 0 aromatic heterocycles. The third-order valence-electron chi connectivity index (χ3n) is 5.56. The number of benzene rings is 2. The van der Waals surface area contributed by atoms with Gasteiger partial charge in [0.1, 0.15) is 12.7 Å². The van der Waals surface area contributed by atoms with E-state index in [2.05, 4.69) is 0 Å². The van der Waals surface area contributed by atoms with Gasteiger partial charge in [-0.15, -0.1) is 4.83 Å². The van der Waals surface area contributed by atoms with E-state index in [-0.39, 0.29) is 44.2 Å². The topological polar surface area (TPSA) is 112 Å². The van der Waals surface area contributed by atoms with Crippen molar-refractivity contribution in [2.45, 2.75) is 50.8 Å². The van der Waals surface area contributed by atoms with Gasteiger partial charge in [0.25, 0.3) is 18.3 Å². The maximum absolute atomic E-state index is 13.1. The van der Waals surface area contributed by atoms with Crippen molar-refractivity contribution in [2.75, 3.05) is 26.3 Å². The molecule has 0 aliphatic carbocycles. The van der Waals surface area contributed by atoms with Crippen LogP contribution in [0, 0.1) is 6.92 Å². The van der Waals surface area contributed by atoms with Crippen LogP contribution in [0.15, 0.2) is 59.5 Å². The standard InChI is InChI=1S/C24H33N2O8PS/c1-4-32-26(35(28)33-5-2)22-15-16-25(24(27)31-18-20-9-7-6-8-10-20)17-23(22)34-36(29,30)21-13-11-19(3)12-14-21/h6-14,22-23,35H,4-5,15-18H2,1-3H3. The normalized spacial score (nSPS) is 19.3. The van der Waals surface area contributed by atoms with Crippen LogP contribution in [0.4, 0.5) is 4.79 Å². The zero-order valence-electron chi connectivity index (χ0n) is 20.7. The van der Waals surface area contributed by atoms with E-state index >= 15 is 0 Å². The van der Waals surface area contributed by atoms with Crippen molar-refractivity contribution >= 4 is 24.4 Å². The summed E-state index contributed by atoms with van der Waals surface area (Å²) in [5.41, 5.74) is 1.72. The number of likely N-dealkylation sites (tertiary alicyclic amines) is 1. The van der Waals surface area contributed by atoms with E-state index in [4.69, 9.17) is 18.3 Å². The molecule has 1 aliphatic rings. The quantitative estimate of drug-likeness (QED) is 0.236. The van der Waals surface area contributed by atoms with E-state index in [1.165, 1.54) is 21.9 Å². The number of aryl methyl sites for hydroxylation is 1. The first-order valence-electron chi connectivity index (χ1n) is 11.8. The summed E-state index contributed by atoms with van der Waals surface area (Å²) in [6.07, 6.45) is -1.44. The fourth-order valence-electron chi connectivity index (χ4n) is 3.78. The third-order valence-corrected chi connectivity index (χ3v) is 8.27. The van der Waals surface area contributed by atoms with Gasteiger partial charge < -0.3 is 14.2 Å². The highest BCUT2D eigenvalue weighted by Crippen LogP contribution is 2.36. The summed E-state index contributed by atoms with van der Waals surface area (Å²) in [5.74, 6) is 0. The minimum absolute atomic E-state index is 0.0175. The van der Waals surface area contributed by atoms with Gasteiger partial charge in [0.05, 0.1) is 30.7 Å². The van der Waals surface area contributed by atoms with Crippen LogP contribution >= 0.6 is 8.18 Å². The average molecular weight is 541 g/mol. The first-order valence-corrected chi connectivity index (χ1v) is 14.5. The summed E-state index contributed by atoms with van der Waals surface area (Å²) in [6.45, 7) is 5.87. The molecule has 0 bridgehead atoms. The zero-order valence-corrected chi connectivity index (χ0v) is 22.5. The predicted molar refractivity (Wildman–Crippen MR) is 134 cm³/mol. The van der Waals surface area contributed by atoms with Gasteiger partial charge in [-0.2, -0.15) is 8.42 Å². The van der Waals surface area contributed by atoms with Gasteiger partial charge in [0.15, 0.2) is 0 Å². The maximum atomic E-state index is 13.1. The van der Waals surface area contributed by atoms with E-state index in [9.17, 15) is 17.8 Å². The van der Waals surface area contributed by atoms with E-state index in [1.54, 1.807) is 26.0 Å². The van der Waals surface area contributed by atoms with E-state index < -0.39 is 36.5 Å². The van der Waals surface area contributed by atoms with Gasteiger partial charge in [-0.3, -0.25) is 13.6 Å². The van der Waals surface area contributed by atoms with Crippen molar-refractivity contribution in [1.29, 1.82) is 0 Å². The van der Waals surface area contributed by atoms with Gasteiger partial charge in [0.2, 0.25) is 0 Å². The van der Waals surface area contributed by atoms with Crippen LogP contribution < -0.4 is 0 Å². The number of rotatable bonds is 11. The molecule has 3 atom stereocenters. The van der Waals surface area contributed by atoms with E-state index in [0.717, 1.165) is 11.1 Å². The van der Waals surface area contributed by atoms with Gasteiger partial charge in [-0.1, -0.05) is 48.0 Å². The Balaban J connectivity index is 1.81. The van der Waals surface area contributed by atoms with E-state index in [1.807, 2.05) is 37.3 Å². The van der Waals surface area contributed by atoms with Crippen molar-refractivity contribution in [3.63, 3.8) is 0 Å². The number of hydrogen-bond donors (Lipinski definition) is 0. The van der Waals surface area contributed by atoms with Gasteiger partial charge in [0, 0.05) is 6.54 Å². The molecule has 10 nitrogen and oxygen atoms in total. The molecule has 1 saturated heterocycles. The number of hydroxylamine groups is 1. The highest BCUT2D eigenvalue weighted by molar-refractivity contribution is 7.86. The number of piperidine rings is 1. The van der Waals surface area contributed by atoms with Crippen molar-refractivity contribution < 1.29 is 36.1 Å².